The van der Waals surface area contributed by atoms with Crippen LogP contribution in [0.15, 0.2) is 49.6 Å². The van der Waals surface area contributed by atoms with E-state index in [1.165, 1.54) is 45.9 Å². The molecule has 0 aromatic rings. The summed E-state index contributed by atoms with van der Waals surface area (Å²) in [5.41, 5.74) is 0. The predicted octanol–water partition coefficient (Wildman–Crippen LogP) is 5.74. The Morgan fingerprint density at radius 3 is 1.37 bits per heavy atom. The minimum Gasteiger partial charge on any atom is -0.459 e. The summed E-state index contributed by atoms with van der Waals surface area (Å²) in [5.74, 6) is -0.788. The highest BCUT2D eigenvalue weighted by Gasteiger charge is 2.21. The quantitative estimate of drug-likeness (QED) is 0.0447. The molecule has 0 radical (unpaired) electrons. The summed E-state index contributed by atoms with van der Waals surface area (Å²) < 4.78 is 21.0. The number of rotatable bonds is 19. The topological polar surface area (TPSA) is 105 Å². The van der Waals surface area contributed by atoms with Crippen molar-refractivity contribution in [3.63, 3.8) is 0 Å². The molecule has 12 heteroatoms. The summed E-state index contributed by atoms with van der Waals surface area (Å²) in [6.45, 7) is 17.8. The monoisotopic (exact) mass is 606 g/mol. The number of ether oxygens (including phenoxy) is 4. The molecule has 0 aromatic carbocycles. The molecule has 0 aliphatic heterocycles. The Labute approximate surface area is 241 Å². The van der Waals surface area contributed by atoms with E-state index in [0.717, 1.165) is 12.2 Å². The molecule has 6 atom stereocenters. The van der Waals surface area contributed by atoms with Crippen LogP contribution in [-0.2, 0) is 38.1 Å². The SMILES string of the molecule is C=CC(=O)OC(C)CSSCC(C)OC(=O)C=CC=CC(=O)OC(C)C(C)SSC(C)C(C)OC(=O)C=C. The van der Waals surface area contributed by atoms with Gasteiger partial charge in [-0.2, -0.15) is 0 Å². The molecule has 0 heterocycles. The van der Waals surface area contributed by atoms with Crippen LogP contribution in [0.25, 0.3) is 0 Å². The van der Waals surface area contributed by atoms with Crippen LogP contribution in [0.4, 0.5) is 0 Å². The molecule has 0 saturated heterocycles. The molecule has 0 spiro atoms. The van der Waals surface area contributed by atoms with Gasteiger partial charge in [-0.1, -0.05) is 68.5 Å². The van der Waals surface area contributed by atoms with E-state index in [9.17, 15) is 19.2 Å². The van der Waals surface area contributed by atoms with E-state index < -0.39 is 23.9 Å². The highest BCUT2D eigenvalue weighted by atomic mass is 33.1. The van der Waals surface area contributed by atoms with Gasteiger partial charge in [-0.3, -0.25) is 0 Å². The van der Waals surface area contributed by atoms with E-state index in [1.54, 1.807) is 42.4 Å². The fourth-order valence-electron chi connectivity index (χ4n) is 2.09. The van der Waals surface area contributed by atoms with Crippen molar-refractivity contribution < 1.29 is 38.1 Å². The van der Waals surface area contributed by atoms with Gasteiger partial charge in [-0.05, 0) is 41.5 Å². The molecule has 0 aliphatic rings. The van der Waals surface area contributed by atoms with Crippen molar-refractivity contribution in [2.75, 3.05) is 11.5 Å². The van der Waals surface area contributed by atoms with Crippen LogP contribution < -0.4 is 0 Å². The molecule has 214 valence electrons. The zero-order valence-corrected chi connectivity index (χ0v) is 25.9. The third kappa shape index (κ3) is 18.5. The van der Waals surface area contributed by atoms with Crippen LogP contribution in [0.5, 0.6) is 0 Å². The molecule has 0 N–H and O–H groups in total. The molecule has 38 heavy (non-hydrogen) atoms. The van der Waals surface area contributed by atoms with Crippen LogP contribution in [0, 0.1) is 0 Å². The van der Waals surface area contributed by atoms with Gasteiger partial charge in [0.15, 0.2) is 0 Å². The van der Waals surface area contributed by atoms with E-state index in [2.05, 4.69) is 13.2 Å². The van der Waals surface area contributed by atoms with Crippen molar-refractivity contribution in [3.05, 3.63) is 49.6 Å². The molecule has 0 bridgehead atoms. The molecule has 6 unspecified atom stereocenters. The van der Waals surface area contributed by atoms with E-state index in [4.69, 9.17) is 18.9 Å². The third-order valence-corrected chi connectivity index (χ3v) is 10.9. The summed E-state index contributed by atoms with van der Waals surface area (Å²) >= 11 is 0. The zero-order valence-electron chi connectivity index (χ0n) is 22.7. The molecule has 8 nitrogen and oxygen atoms in total. The Bertz CT molecular complexity index is 845. The van der Waals surface area contributed by atoms with Gasteiger partial charge in [-0.15, -0.1) is 0 Å². The first-order valence-electron chi connectivity index (χ1n) is 11.9. The van der Waals surface area contributed by atoms with Gasteiger partial charge in [0, 0.05) is 46.3 Å². The molecule has 0 aromatic heterocycles. The first-order valence-corrected chi connectivity index (χ1v) is 16.6. The number of esters is 4. The average Bonchev–Trinajstić information content (AvgIpc) is 2.86. The maximum atomic E-state index is 12.1. The van der Waals surface area contributed by atoms with Gasteiger partial charge >= 0.3 is 23.9 Å². The standard InChI is InChI=1S/C26H38O8S4/c1-9-23(27)31-17(3)15-35-36-16-18(4)32-25(29)13-11-12-14-26(30)34-20(6)22(8)38-37-21(7)19(5)33-24(28)10-2/h9-14,17-22H,1-2,15-16H2,3-8H3. The van der Waals surface area contributed by atoms with Crippen LogP contribution >= 0.6 is 43.2 Å². The Morgan fingerprint density at radius 1 is 0.605 bits per heavy atom. The maximum absolute atomic E-state index is 12.1. The molecule has 0 amide bonds. The van der Waals surface area contributed by atoms with Gasteiger partial charge in [0.1, 0.15) is 24.4 Å². The van der Waals surface area contributed by atoms with E-state index in [1.807, 2.05) is 20.8 Å². The minimum absolute atomic E-state index is 0.00415. The lowest BCUT2D eigenvalue weighted by molar-refractivity contribution is -0.143. The van der Waals surface area contributed by atoms with Gasteiger partial charge in [0.05, 0.1) is 0 Å². The van der Waals surface area contributed by atoms with Crippen molar-refractivity contribution in [2.45, 2.75) is 76.5 Å². The number of hydrogen-bond acceptors (Lipinski definition) is 12. The van der Waals surface area contributed by atoms with Crippen LogP contribution in [0.2, 0.25) is 0 Å². The second-order valence-electron chi connectivity index (χ2n) is 8.08. The molecule has 0 aliphatic carbocycles. The number of carbonyl (C=O) groups excluding carboxylic acids is 4. The van der Waals surface area contributed by atoms with Crippen molar-refractivity contribution in [1.29, 1.82) is 0 Å². The van der Waals surface area contributed by atoms with E-state index in [-0.39, 0.29) is 34.9 Å². The molecular weight excluding hydrogens is 569 g/mol. The van der Waals surface area contributed by atoms with Crippen LogP contribution in [0.1, 0.15) is 41.5 Å². The fraction of sp³-hybridized carbons (Fsp3) is 0.538. The second kappa shape index (κ2) is 21.1. The van der Waals surface area contributed by atoms with Crippen LogP contribution in [-0.4, -0.2) is 70.3 Å². The first-order chi connectivity index (χ1) is 17.9. The number of hydrogen-bond donors (Lipinski definition) is 0. The number of carbonyl (C=O) groups is 4. The minimum atomic E-state index is -0.524. The summed E-state index contributed by atoms with van der Waals surface area (Å²) in [4.78, 5) is 46.5. The lowest BCUT2D eigenvalue weighted by Crippen LogP contribution is -2.25. The van der Waals surface area contributed by atoms with Crippen molar-refractivity contribution in [2.24, 2.45) is 0 Å². The lowest BCUT2D eigenvalue weighted by atomic mass is 10.3. The Kier molecular flexibility index (Phi) is 20.1. The highest BCUT2D eigenvalue weighted by molar-refractivity contribution is 8.77. The molecular formula is C26H38O8S4. The smallest absolute Gasteiger partial charge is 0.331 e. The second-order valence-corrected chi connectivity index (χ2v) is 13.7. The van der Waals surface area contributed by atoms with E-state index >= 15 is 0 Å². The Morgan fingerprint density at radius 2 is 0.947 bits per heavy atom. The molecule has 0 rings (SSSR count). The third-order valence-electron chi connectivity index (χ3n) is 4.52. The molecule has 0 fully saturated rings. The maximum Gasteiger partial charge on any atom is 0.331 e. The van der Waals surface area contributed by atoms with Gasteiger partial charge < -0.3 is 18.9 Å². The Hall–Kier alpha value is -1.76. The zero-order chi connectivity index (χ0) is 29.1. The Balaban J connectivity index is 4.24. The van der Waals surface area contributed by atoms with Gasteiger partial charge in [-0.25, -0.2) is 19.2 Å². The van der Waals surface area contributed by atoms with Crippen molar-refractivity contribution in [3.8, 4) is 0 Å². The van der Waals surface area contributed by atoms with Crippen LogP contribution in [0.3, 0.4) is 0 Å². The van der Waals surface area contributed by atoms with Crippen molar-refractivity contribution >= 4 is 67.1 Å². The lowest BCUT2D eigenvalue weighted by Gasteiger charge is -2.23. The summed E-state index contributed by atoms with van der Waals surface area (Å²) in [6.07, 6.45) is 6.36. The van der Waals surface area contributed by atoms with E-state index in [0.29, 0.717) is 11.5 Å². The predicted molar refractivity (Wildman–Crippen MR) is 160 cm³/mol. The average molecular weight is 607 g/mol. The largest absolute Gasteiger partial charge is 0.459 e. The first kappa shape index (κ1) is 36.2. The van der Waals surface area contributed by atoms with Crippen molar-refractivity contribution in [1.82, 2.24) is 0 Å². The summed E-state index contributed by atoms with van der Waals surface area (Å²) in [5, 5.41) is 0.0345. The van der Waals surface area contributed by atoms with Gasteiger partial charge in [0.2, 0.25) is 0 Å². The van der Waals surface area contributed by atoms with Gasteiger partial charge in [0.25, 0.3) is 0 Å². The number of allylic oxidation sites excluding steroid dienone is 2. The summed E-state index contributed by atoms with van der Waals surface area (Å²) in [7, 11) is 6.12. The highest BCUT2D eigenvalue weighted by Crippen LogP contribution is 2.35. The fourth-order valence-corrected chi connectivity index (χ4v) is 7.29. The normalized spacial score (nSPS) is 16.1. The molecule has 0 saturated carbocycles. The summed E-state index contributed by atoms with van der Waals surface area (Å²) in [6, 6.07) is 0.